The molecular weight excluding hydrogens is 252 g/mol. The van der Waals surface area contributed by atoms with Crippen LogP contribution in [0.3, 0.4) is 0 Å². The summed E-state index contributed by atoms with van der Waals surface area (Å²) in [4.78, 5) is 8.59. The number of aryl methyl sites for hydroxylation is 2. The van der Waals surface area contributed by atoms with Crippen molar-refractivity contribution in [1.29, 1.82) is 0 Å². The molecule has 110 valence electrons. The zero-order valence-electron chi connectivity index (χ0n) is 13.3. The molecule has 0 spiro atoms. The van der Waals surface area contributed by atoms with Gasteiger partial charge in [0.1, 0.15) is 24.3 Å². The van der Waals surface area contributed by atoms with Gasteiger partial charge in [-0.15, -0.1) is 0 Å². The number of nitrogens with zero attached hydrogens (tertiary/aromatic N) is 6. The highest BCUT2D eigenvalue weighted by molar-refractivity contribution is 4.97. The Hall–Kier alpha value is -1.72. The van der Waals surface area contributed by atoms with Gasteiger partial charge in [0.25, 0.3) is 0 Å². The quantitative estimate of drug-likeness (QED) is 0.859. The van der Waals surface area contributed by atoms with Crippen LogP contribution in [-0.4, -0.2) is 29.5 Å². The van der Waals surface area contributed by atoms with E-state index >= 15 is 0 Å². The SMILES string of the molecule is Cc1nc(CCC(C)(C)n2cncn2)n(C(C)(C)C)n1. The lowest BCUT2D eigenvalue weighted by Gasteiger charge is -2.26. The van der Waals surface area contributed by atoms with E-state index in [0.29, 0.717) is 0 Å². The van der Waals surface area contributed by atoms with Crippen molar-refractivity contribution in [3.63, 3.8) is 0 Å². The summed E-state index contributed by atoms with van der Waals surface area (Å²) >= 11 is 0. The second-order valence-corrected chi connectivity index (χ2v) is 6.81. The average Bonchev–Trinajstić information content (AvgIpc) is 2.94. The Morgan fingerprint density at radius 3 is 2.40 bits per heavy atom. The van der Waals surface area contributed by atoms with Crippen LogP contribution in [0.15, 0.2) is 12.7 Å². The van der Waals surface area contributed by atoms with E-state index in [1.54, 1.807) is 12.7 Å². The Morgan fingerprint density at radius 2 is 1.85 bits per heavy atom. The second-order valence-electron chi connectivity index (χ2n) is 6.81. The van der Waals surface area contributed by atoms with Gasteiger partial charge in [-0.1, -0.05) is 0 Å². The first-order valence-corrected chi connectivity index (χ1v) is 6.98. The lowest BCUT2D eigenvalue weighted by molar-refractivity contribution is 0.281. The van der Waals surface area contributed by atoms with Gasteiger partial charge in [0.2, 0.25) is 0 Å². The number of rotatable bonds is 4. The number of hydrogen-bond donors (Lipinski definition) is 0. The minimum absolute atomic E-state index is 0.0476. The van der Waals surface area contributed by atoms with Crippen LogP contribution in [0.2, 0.25) is 0 Å². The molecule has 0 aliphatic rings. The standard InChI is InChI=1S/C14H24N6/c1-11-17-12(20(18-11)13(2,3)4)7-8-14(5,6)19-10-15-9-16-19/h9-10H,7-8H2,1-6H3. The van der Waals surface area contributed by atoms with E-state index in [4.69, 9.17) is 0 Å². The van der Waals surface area contributed by atoms with Gasteiger partial charge in [0.05, 0.1) is 11.1 Å². The molecule has 2 rings (SSSR count). The van der Waals surface area contributed by atoms with E-state index in [0.717, 1.165) is 24.5 Å². The summed E-state index contributed by atoms with van der Waals surface area (Å²) in [6.07, 6.45) is 5.14. The zero-order valence-corrected chi connectivity index (χ0v) is 13.3. The van der Waals surface area contributed by atoms with Gasteiger partial charge >= 0.3 is 0 Å². The summed E-state index contributed by atoms with van der Waals surface area (Å²) in [6, 6.07) is 0. The Bertz CT molecular complexity index is 559. The molecule has 0 aliphatic carbocycles. The molecule has 0 saturated heterocycles. The van der Waals surface area contributed by atoms with Crippen molar-refractivity contribution in [2.45, 2.75) is 65.5 Å². The van der Waals surface area contributed by atoms with Crippen LogP contribution in [0.5, 0.6) is 0 Å². The summed E-state index contributed by atoms with van der Waals surface area (Å²) in [5.74, 6) is 1.86. The average molecular weight is 276 g/mol. The molecule has 0 amide bonds. The van der Waals surface area contributed by atoms with Crippen LogP contribution < -0.4 is 0 Å². The van der Waals surface area contributed by atoms with E-state index in [-0.39, 0.29) is 11.1 Å². The molecule has 0 saturated carbocycles. The molecule has 0 radical (unpaired) electrons. The van der Waals surface area contributed by atoms with Crippen LogP contribution >= 0.6 is 0 Å². The molecule has 2 heterocycles. The first-order chi connectivity index (χ1) is 9.20. The maximum atomic E-state index is 4.57. The minimum Gasteiger partial charge on any atom is -0.247 e. The third-order valence-electron chi connectivity index (χ3n) is 3.41. The predicted molar refractivity (Wildman–Crippen MR) is 77.4 cm³/mol. The van der Waals surface area contributed by atoms with Crippen molar-refractivity contribution in [2.75, 3.05) is 0 Å². The smallest absolute Gasteiger partial charge is 0.147 e. The first-order valence-electron chi connectivity index (χ1n) is 6.98. The summed E-state index contributed by atoms with van der Waals surface area (Å²) in [5, 5.41) is 8.76. The van der Waals surface area contributed by atoms with Gasteiger partial charge in [0, 0.05) is 6.42 Å². The van der Waals surface area contributed by atoms with Gasteiger partial charge in [-0.05, 0) is 48.0 Å². The van der Waals surface area contributed by atoms with Crippen molar-refractivity contribution in [3.05, 3.63) is 24.3 Å². The molecule has 2 aromatic rings. The Labute approximate surface area is 120 Å². The molecule has 0 atom stereocenters. The Kier molecular flexibility index (Phi) is 3.67. The van der Waals surface area contributed by atoms with E-state index < -0.39 is 0 Å². The van der Waals surface area contributed by atoms with Crippen molar-refractivity contribution < 1.29 is 0 Å². The molecule has 0 fully saturated rings. The molecule has 20 heavy (non-hydrogen) atoms. The summed E-state index contributed by atoms with van der Waals surface area (Å²) in [5.41, 5.74) is -0.132. The highest BCUT2D eigenvalue weighted by atomic mass is 15.4. The molecule has 0 aromatic carbocycles. The van der Waals surface area contributed by atoms with Crippen molar-refractivity contribution >= 4 is 0 Å². The lowest BCUT2D eigenvalue weighted by atomic mass is 9.98. The fraction of sp³-hybridized carbons (Fsp3) is 0.714. The summed E-state index contributed by atoms with van der Waals surface area (Å²) in [6.45, 7) is 12.7. The lowest BCUT2D eigenvalue weighted by Crippen LogP contribution is -2.30. The van der Waals surface area contributed by atoms with E-state index in [1.165, 1.54) is 0 Å². The van der Waals surface area contributed by atoms with E-state index in [1.807, 2.05) is 16.3 Å². The molecule has 6 heteroatoms. The van der Waals surface area contributed by atoms with Gasteiger partial charge < -0.3 is 0 Å². The molecule has 0 N–H and O–H groups in total. The summed E-state index contributed by atoms with van der Waals surface area (Å²) in [7, 11) is 0. The number of aromatic nitrogens is 6. The van der Waals surface area contributed by atoms with Gasteiger partial charge in [-0.2, -0.15) is 10.2 Å². The van der Waals surface area contributed by atoms with Crippen LogP contribution in [-0.2, 0) is 17.5 Å². The molecule has 6 nitrogen and oxygen atoms in total. The minimum atomic E-state index is -0.0843. The largest absolute Gasteiger partial charge is 0.247 e. The van der Waals surface area contributed by atoms with Gasteiger partial charge in [-0.3, -0.25) is 0 Å². The third-order valence-corrected chi connectivity index (χ3v) is 3.41. The molecule has 0 aliphatic heterocycles. The normalized spacial score (nSPS) is 12.9. The third kappa shape index (κ3) is 3.05. The topological polar surface area (TPSA) is 61.4 Å². The van der Waals surface area contributed by atoms with Crippen LogP contribution in [0.25, 0.3) is 0 Å². The van der Waals surface area contributed by atoms with Crippen molar-refractivity contribution in [2.24, 2.45) is 0 Å². The van der Waals surface area contributed by atoms with Crippen LogP contribution in [0.4, 0.5) is 0 Å². The van der Waals surface area contributed by atoms with Gasteiger partial charge in [0.15, 0.2) is 0 Å². The Balaban J connectivity index is 2.16. The Morgan fingerprint density at radius 1 is 1.15 bits per heavy atom. The first kappa shape index (κ1) is 14.7. The van der Waals surface area contributed by atoms with Crippen LogP contribution in [0, 0.1) is 6.92 Å². The fourth-order valence-electron chi connectivity index (χ4n) is 2.21. The summed E-state index contributed by atoms with van der Waals surface area (Å²) < 4.78 is 3.93. The van der Waals surface area contributed by atoms with Gasteiger partial charge in [-0.25, -0.2) is 19.3 Å². The highest BCUT2D eigenvalue weighted by Crippen LogP contribution is 2.22. The van der Waals surface area contributed by atoms with E-state index in [9.17, 15) is 0 Å². The highest BCUT2D eigenvalue weighted by Gasteiger charge is 2.25. The molecule has 0 unspecified atom stereocenters. The molecular formula is C14H24N6. The second kappa shape index (κ2) is 5.00. The maximum Gasteiger partial charge on any atom is 0.147 e. The predicted octanol–water partition coefficient (Wildman–Crippen LogP) is 2.30. The molecule has 2 aromatic heterocycles. The maximum absolute atomic E-state index is 4.57. The fourth-order valence-corrected chi connectivity index (χ4v) is 2.21. The number of hydrogen-bond acceptors (Lipinski definition) is 4. The molecule has 0 bridgehead atoms. The van der Waals surface area contributed by atoms with Crippen molar-refractivity contribution in [1.82, 2.24) is 29.5 Å². The van der Waals surface area contributed by atoms with Crippen LogP contribution in [0.1, 0.15) is 52.7 Å². The van der Waals surface area contributed by atoms with E-state index in [2.05, 4.69) is 54.8 Å². The zero-order chi connectivity index (χ0) is 15.0. The monoisotopic (exact) mass is 276 g/mol. The van der Waals surface area contributed by atoms with Crippen molar-refractivity contribution in [3.8, 4) is 0 Å².